The number of anilines is 1. The van der Waals surface area contributed by atoms with Crippen molar-refractivity contribution < 1.29 is 23.8 Å². The van der Waals surface area contributed by atoms with Gasteiger partial charge in [-0.25, -0.2) is 4.79 Å². The minimum atomic E-state index is -1.05. The van der Waals surface area contributed by atoms with Gasteiger partial charge in [-0.3, -0.25) is 4.79 Å². The summed E-state index contributed by atoms with van der Waals surface area (Å²) < 4.78 is 15.8. The van der Waals surface area contributed by atoms with Crippen LogP contribution in [0.4, 0.5) is 5.69 Å². The fourth-order valence-corrected chi connectivity index (χ4v) is 2.52. The average Bonchev–Trinajstić information content (AvgIpc) is 2.64. The summed E-state index contributed by atoms with van der Waals surface area (Å²) in [6.45, 7) is 3.69. The molecule has 2 aromatic carbocycles. The maximum atomic E-state index is 12.3. The Morgan fingerprint density at radius 2 is 1.85 bits per heavy atom. The third kappa shape index (κ3) is 5.52. The molecule has 0 aliphatic heterocycles. The first kappa shape index (κ1) is 20.9. The highest BCUT2D eigenvalue weighted by Crippen LogP contribution is 2.29. The molecule has 1 atom stereocenters. The number of nitrogens with one attached hydrogen (secondary N) is 1. The van der Waals surface area contributed by atoms with Gasteiger partial charge in [-0.15, -0.1) is 0 Å². The number of carbonyl (C=O) groups excluding carboxylic acids is 2. The fraction of sp³-hybridized carbons (Fsp3) is 0.263. The summed E-state index contributed by atoms with van der Waals surface area (Å²) in [5.74, 6) is -0.295. The van der Waals surface area contributed by atoms with Crippen molar-refractivity contribution >= 4 is 40.8 Å². The molecule has 1 amide bonds. The molecule has 0 bridgehead atoms. The molecule has 6 nitrogen and oxygen atoms in total. The van der Waals surface area contributed by atoms with E-state index < -0.39 is 18.0 Å². The molecule has 8 heteroatoms. The minimum Gasteiger partial charge on any atom is -0.493 e. The van der Waals surface area contributed by atoms with Crippen molar-refractivity contribution in [2.75, 3.05) is 19.0 Å². The topological polar surface area (TPSA) is 73.9 Å². The van der Waals surface area contributed by atoms with Gasteiger partial charge >= 0.3 is 5.97 Å². The number of methoxy groups -OCH3 is 1. The molecule has 0 heterocycles. The summed E-state index contributed by atoms with van der Waals surface area (Å²) in [4.78, 5) is 24.6. The van der Waals surface area contributed by atoms with Crippen molar-refractivity contribution in [2.24, 2.45) is 0 Å². The highest BCUT2D eigenvalue weighted by molar-refractivity contribution is 6.35. The van der Waals surface area contributed by atoms with Gasteiger partial charge in [0.1, 0.15) is 0 Å². The molecule has 144 valence electrons. The Balaban J connectivity index is 2.07. The second-order valence-electron chi connectivity index (χ2n) is 5.46. The summed E-state index contributed by atoms with van der Waals surface area (Å²) in [7, 11) is 1.50. The lowest BCUT2D eigenvalue weighted by atomic mass is 10.2. The second-order valence-corrected chi connectivity index (χ2v) is 6.30. The number of hydrogen-bond acceptors (Lipinski definition) is 5. The molecule has 0 aliphatic carbocycles. The third-order valence-electron chi connectivity index (χ3n) is 3.54. The highest BCUT2D eigenvalue weighted by atomic mass is 35.5. The van der Waals surface area contributed by atoms with E-state index in [4.69, 9.17) is 37.4 Å². The molecule has 0 aromatic heterocycles. The smallest absolute Gasteiger partial charge is 0.339 e. The minimum absolute atomic E-state index is 0.236. The maximum Gasteiger partial charge on any atom is 0.339 e. The van der Waals surface area contributed by atoms with Gasteiger partial charge in [-0.05, 0) is 50.2 Å². The zero-order chi connectivity index (χ0) is 20.0. The monoisotopic (exact) mass is 411 g/mol. The van der Waals surface area contributed by atoms with E-state index in [0.717, 1.165) is 0 Å². The molecule has 0 spiro atoms. The number of carbonyl (C=O) groups is 2. The molecule has 0 saturated carbocycles. The van der Waals surface area contributed by atoms with E-state index in [9.17, 15) is 9.59 Å². The largest absolute Gasteiger partial charge is 0.493 e. The van der Waals surface area contributed by atoms with E-state index in [1.54, 1.807) is 18.2 Å². The van der Waals surface area contributed by atoms with Crippen LogP contribution in [0.15, 0.2) is 36.4 Å². The standard InChI is InChI=1S/C19H19Cl2NO5/c1-4-26-17-9-12(5-8-16(17)25-3)19(24)27-11(2)18(23)22-15-10-13(20)6-7-14(15)21/h5-11H,4H2,1-3H3,(H,22,23). The van der Waals surface area contributed by atoms with Crippen LogP contribution in [0.5, 0.6) is 11.5 Å². The molecule has 27 heavy (non-hydrogen) atoms. The van der Waals surface area contributed by atoms with E-state index in [1.165, 1.54) is 32.2 Å². The SMILES string of the molecule is CCOc1cc(C(=O)OC(C)C(=O)Nc2cc(Cl)ccc2Cl)ccc1OC. The van der Waals surface area contributed by atoms with Crippen molar-refractivity contribution in [3.63, 3.8) is 0 Å². The first-order valence-electron chi connectivity index (χ1n) is 8.13. The van der Waals surface area contributed by atoms with Crippen LogP contribution >= 0.6 is 23.2 Å². The van der Waals surface area contributed by atoms with E-state index in [-0.39, 0.29) is 5.56 Å². The van der Waals surface area contributed by atoms with Crippen LogP contribution in [0.25, 0.3) is 0 Å². The van der Waals surface area contributed by atoms with Gasteiger partial charge < -0.3 is 19.5 Å². The van der Waals surface area contributed by atoms with Crippen LogP contribution in [-0.2, 0) is 9.53 Å². The number of hydrogen-bond donors (Lipinski definition) is 1. The van der Waals surface area contributed by atoms with Crippen LogP contribution in [-0.4, -0.2) is 31.7 Å². The molecule has 0 aliphatic rings. The number of ether oxygens (including phenoxy) is 3. The van der Waals surface area contributed by atoms with Crippen molar-refractivity contribution in [3.05, 3.63) is 52.0 Å². The number of rotatable bonds is 7. The predicted octanol–water partition coefficient (Wildman–Crippen LogP) is 4.58. The van der Waals surface area contributed by atoms with Crippen LogP contribution in [0.1, 0.15) is 24.2 Å². The summed E-state index contributed by atoms with van der Waals surface area (Å²) in [6, 6.07) is 9.29. The van der Waals surface area contributed by atoms with Gasteiger partial charge in [0, 0.05) is 5.02 Å². The molecule has 0 saturated heterocycles. The lowest BCUT2D eigenvalue weighted by Gasteiger charge is -2.15. The summed E-state index contributed by atoms with van der Waals surface area (Å²) in [5, 5.41) is 3.32. The van der Waals surface area contributed by atoms with Gasteiger partial charge in [-0.2, -0.15) is 0 Å². The van der Waals surface area contributed by atoms with Crippen molar-refractivity contribution in [1.82, 2.24) is 0 Å². The first-order chi connectivity index (χ1) is 12.8. The first-order valence-corrected chi connectivity index (χ1v) is 8.89. The lowest BCUT2D eigenvalue weighted by molar-refractivity contribution is -0.123. The molecule has 2 aromatic rings. The normalized spacial score (nSPS) is 11.4. The molecule has 1 unspecified atom stereocenters. The molecule has 1 N–H and O–H groups in total. The summed E-state index contributed by atoms with van der Waals surface area (Å²) in [6.07, 6.45) is -1.05. The van der Waals surface area contributed by atoms with Crippen molar-refractivity contribution in [1.29, 1.82) is 0 Å². The van der Waals surface area contributed by atoms with Gasteiger partial charge in [-0.1, -0.05) is 23.2 Å². The Morgan fingerprint density at radius 3 is 2.52 bits per heavy atom. The predicted molar refractivity (Wildman–Crippen MR) is 104 cm³/mol. The third-order valence-corrected chi connectivity index (χ3v) is 4.10. The number of halogens is 2. The molecule has 0 radical (unpaired) electrons. The average molecular weight is 412 g/mol. The van der Waals surface area contributed by atoms with Gasteiger partial charge in [0.05, 0.1) is 30.0 Å². The lowest BCUT2D eigenvalue weighted by Crippen LogP contribution is -2.30. The van der Waals surface area contributed by atoms with Crippen LogP contribution in [0.2, 0.25) is 10.0 Å². The van der Waals surface area contributed by atoms with E-state index in [2.05, 4.69) is 5.32 Å². The second kappa shape index (κ2) is 9.48. The van der Waals surface area contributed by atoms with E-state index in [1.807, 2.05) is 6.92 Å². The van der Waals surface area contributed by atoms with Crippen molar-refractivity contribution in [2.45, 2.75) is 20.0 Å². The van der Waals surface area contributed by atoms with Gasteiger partial charge in [0.15, 0.2) is 17.6 Å². The number of benzene rings is 2. The van der Waals surface area contributed by atoms with E-state index in [0.29, 0.717) is 33.8 Å². The zero-order valence-electron chi connectivity index (χ0n) is 15.0. The van der Waals surface area contributed by atoms with E-state index >= 15 is 0 Å². The Kier molecular flexibility index (Phi) is 7.33. The molecular formula is C19H19Cl2NO5. The van der Waals surface area contributed by atoms with Crippen LogP contribution in [0, 0.1) is 0 Å². The fourth-order valence-electron chi connectivity index (χ4n) is 2.18. The number of amides is 1. The highest BCUT2D eigenvalue weighted by Gasteiger charge is 2.21. The van der Waals surface area contributed by atoms with Gasteiger partial charge in [0.25, 0.3) is 5.91 Å². The maximum absolute atomic E-state index is 12.3. The van der Waals surface area contributed by atoms with Crippen LogP contribution < -0.4 is 14.8 Å². The molecular weight excluding hydrogens is 393 g/mol. The summed E-state index contributed by atoms with van der Waals surface area (Å²) >= 11 is 11.9. The Labute approximate surface area is 167 Å². The quantitative estimate of drug-likeness (QED) is 0.674. The number of esters is 1. The Bertz CT molecular complexity index is 841. The molecule has 0 fully saturated rings. The van der Waals surface area contributed by atoms with Crippen LogP contribution in [0.3, 0.4) is 0 Å². The summed E-state index contributed by atoms with van der Waals surface area (Å²) in [5.41, 5.74) is 0.569. The Hall–Kier alpha value is -2.44. The van der Waals surface area contributed by atoms with Gasteiger partial charge in [0.2, 0.25) is 0 Å². The molecule has 2 rings (SSSR count). The zero-order valence-corrected chi connectivity index (χ0v) is 16.6. The Morgan fingerprint density at radius 1 is 1.11 bits per heavy atom. The van der Waals surface area contributed by atoms with Crippen molar-refractivity contribution in [3.8, 4) is 11.5 Å².